The molecule has 1 fully saturated rings. The van der Waals surface area contributed by atoms with Crippen LogP contribution in [0.15, 0.2) is 47.4 Å². The summed E-state index contributed by atoms with van der Waals surface area (Å²) < 4.78 is 31.9. The summed E-state index contributed by atoms with van der Waals surface area (Å²) in [6, 6.07) is 11.2. The van der Waals surface area contributed by atoms with E-state index in [1.54, 1.807) is 30.3 Å². The molecule has 1 N–H and O–H groups in total. The highest BCUT2D eigenvalue weighted by Crippen LogP contribution is 2.32. The summed E-state index contributed by atoms with van der Waals surface area (Å²) >= 11 is 0. The van der Waals surface area contributed by atoms with E-state index in [1.807, 2.05) is 0 Å². The average Bonchev–Trinajstić information content (AvgIpc) is 3.16. The van der Waals surface area contributed by atoms with Gasteiger partial charge in [-0.15, -0.1) is 0 Å². The molecule has 1 aliphatic heterocycles. The summed E-state index contributed by atoms with van der Waals surface area (Å²) in [6.07, 6.45) is 1.79. The van der Waals surface area contributed by atoms with Crippen molar-refractivity contribution in [1.29, 1.82) is 0 Å². The fourth-order valence-corrected chi connectivity index (χ4v) is 4.46. The molecule has 0 unspecified atom stereocenters. The second-order valence-corrected chi connectivity index (χ2v) is 7.79. The standard InChI is InChI=1S/C18H19NO5S/c1-24-17-12-14(18(20)21)6-9-16(17)13-4-7-15(8-5-13)25(22,23)19-10-2-3-11-19/h4-9,12H,2-3,10-11H2,1H3,(H,20,21). The van der Waals surface area contributed by atoms with Crippen molar-refractivity contribution in [3.05, 3.63) is 48.0 Å². The van der Waals surface area contributed by atoms with E-state index in [2.05, 4.69) is 0 Å². The minimum Gasteiger partial charge on any atom is -0.496 e. The smallest absolute Gasteiger partial charge is 0.335 e. The summed E-state index contributed by atoms with van der Waals surface area (Å²) in [5.74, 6) is -0.605. The second kappa shape index (κ2) is 6.85. The Labute approximate surface area is 146 Å². The highest BCUT2D eigenvalue weighted by Gasteiger charge is 2.27. The van der Waals surface area contributed by atoms with Gasteiger partial charge in [-0.05, 0) is 48.7 Å². The fourth-order valence-electron chi connectivity index (χ4n) is 2.95. The number of aromatic carboxylic acids is 1. The summed E-state index contributed by atoms with van der Waals surface area (Å²) in [5.41, 5.74) is 1.60. The molecule has 0 amide bonds. The Hall–Kier alpha value is -2.38. The fraction of sp³-hybridized carbons (Fsp3) is 0.278. The molecule has 1 aliphatic rings. The van der Waals surface area contributed by atoms with E-state index in [4.69, 9.17) is 9.84 Å². The maximum absolute atomic E-state index is 12.6. The summed E-state index contributed by atoms with van der Waals surface area (Å²) in [6.45, 7) is 1.13. The van der Waals surface area contributed by atoms with E-state index in [0.717, 1.165) is 18.4 Å². The Morgan fingerprint density at radius 3 is 2.28 bits per heavy atom. The number of methoxy groups -OCH3 is 1. The van der Waals surface area contributed by atoms with Crippen LogP contribution in [0.3, 0.4) is 0 Å². The van der Waals surface area contributed by atoms with Crippen molar-refractivity contribution < 1.29 is 23.1 Å². The van der Waals surface area contributed by atoms with Crippen LogP contribution in [-0.2, 0) is 10.0 Å². The van der Waals surface area contributed by atoms with Crippen LogP contribution in [0.25, 0.3) is 11.1 Å². The average molecular weight is 361 g/mol. The molecule has 6 nitrogen and oxygen atoms in total. The van der Waals surface area contributed by atoms with Crippen LogP contribution in [0.5, 0.6) is 5.75 Å². The first-order chi connectivity index (χ1) is 11.9. The maximum Gasteiger partial charge on any atom is 0.335 e. The Bertz CT molecular complexity index is 884. The van der Waals surface area contributed by atoms with E-state index >= 15 is 0 Å². The lowest BCUT2D eigenvalue weighted by molar-refractivity contribution is 0.0696. The molecular formula is C18H19NO5S. The van der Waals surface area contributed by atoms with Crippen molar-refractivity contribution >= 4 is 16.0 Å². The van der Waals surface area contributed by atoms with Crippen molar-refractivity contribution in [2.24, 2.45) is 0 Å². The molecule has 0 spiro atoms. The molecule has 25 heavy (non-hydrogen) atoms. The number of ether oxygens (including phenoxy) is 1. The van der Waals surface area contributed by atoms with Gasteiger partial charge in [-0.3, -0.25) is 0 Å². The number of carboxylic acid groups (broad SMARTS) is 1. The Balaban J connectivity index is 1.94. The lowest BCUT2D eigenvalue weighted by Crippen LogP contribution is -2.27. The third-order valence-corrected chi connectivity index (χ3v) is 6.23. The Kier molecular flexibility index (Phi) is 4.78. The third-order valence-electron chi connectivity index (χ3n) is 4.32. The van der Waals surface area contributed by atoms with Crippen molar-refractivity contribution in [1.82, 2.24) is 4.31 Å². The molecule has 0 aliphatic carbocycles. The zero-order valence-electron chi connectivity index (χ0n) is 13.8. The van der Waals surface area contributed by atoms with Gasteiger partial charge < -0.3 is 9.84 Å². The van der Waals surface area contributed by atoms with Crippen molar-refractivity contribution in [3.63, 3.8) is 0 Å². The molecule has 3 rings (SSSR count). The largest absolute Gasteiger partial charge is 0.496 e. The lowest BCUT2D eigenvalue weighted by Gasteiger charge is -2.16. The quantitative estimate of drug-likeness (QED) is 0.885. The van der Waals surface area contributed by atoms with Gasteiger partial charge in [0.25, 0.3) is 0 Å². The number of hydrogen-bond acceptors (Lipinski definition) is 4. The van der Waals surface area contributed by atoms with Gasteiger partial charge in [0.05, 0.1) is 17.6 Å². The van der Waals surface area contributed by atoms with Crippen molar-refractivity contribution in [2.75, 3.05) is 20.2 Å². The third kappa shape index (κ3) is 3.38. The van der Waals surface area contributed by atoms with Gasteiger partial charge in [-0.1, -0.05) is 12.1 Å². The number of rotatable bonds is 5. The van der Waals surface area contributed by atoms with Gasteiger partial charge in [0.15, 0.2) is 0 Å². The van der Waals surface area contributed by atoms with Crippen LogP contribution < -0.4 is 4.74 Å². The first kappa shape index (κ1) is 17.4. The molecule has 132 valence electrons. The van der Waals surface area contributed by atoms with Crippen molar-refractivity contribution in [3.8, 4) is 16.9 Å². The van der Waals surface area contributed by atoms with E-state index in [1.165, 1.54) is 23.5 Å². The minimum atomic E-state index is -3.45. The molecule has 0 radical (unpaired) electrons. The Morgan fingerprint density at radius 1 is 1.08 bits per heavy atom. The molecule has 7 heteroatoms. The van der Waals surface area contributed by atoms with Gasteiger partial charge >= 0.3 is 5.97 Å². The first-order valence-corrected chi connectivity index (χ1v) is 9.39. The number of hydrogen-bond donors (Lipinski definition) is 1. The zero-order valence-corrected chi connectivity index (χ0v) is 14.6. The maximum atomic E-state index is 12.6. The number of sulfonamides is 1. The number of carbonyl (C=O) groups is 1. The number of benzene rings is 2. The lowest BCUT2D eigenvalue weighted by atomic mass is 10.0. The molecule has 1 heterocycles. The molecule has 2 aromatic rings. The number of nitrogens with zero attached hydrogens (tertiary/aromatic N) is 1. The molecule has 1 saturated heterocycles. The first-order valence-electron chi connectivity index (χ1n) is 7.95. The van der Waals surface area contributed by atoms with Crippen LogP contribution >= 0.6 is 0 Å². The van der Waals surface area contributed by atoms with Gasteiger partial charge in [-0.25, -0.2) is 13.2 Å². The molecule has 0 aromatic heterocycles. The zero-order chi connectivity index (χ0) is 18.0. The van der Waals surface area contributed by atoms with Crippen molar-refractivity contribution in [2.45, 2.75) is 17.7 Å². The topological polar surface area (TPSA) is 83.9 Å². The monoisotopic (exact) mass is 361 g/mol. The molecular weight excluding hydrogens is 342 g/mol. The van der Waals surface area contributed by atoms with E-state index in [0.29, 0.717) is 24.4 Å². The molecule has 0 atom stereocenters. The highest BCUT2D eigenvalue weighted by molar-refractivity contribution is 7.89. The SMILES string of the molecule is COc1cc(C(=O)O)ccc1-c1ccc(S(=O)(=O)N2CCCC2)cc1. The Morgan fingerprint density at radius 2 is 1.72 bits per heavy atom. The summed E-state index contributed by atoms with van der Waals surface area (Å²) in [7, 11) is -1.98. The predicted octanol–water partition coefficient (Wildman–Crippen LogP) is 2.84. The van der Waals surface area contributed by atoms with Gasteiger partial charge in [0, 0.05) is 18.7 Å². The van der Waals surface area contributed by atoms with Gasteiger partial charge in [-0.2, -0.15) is 4.31 Å². The normalized spacial score (nSPS) is 15.2. The summed E-state index contributed by atoms with van der Waals surface area (Å²) in [5, 5.41) is 9.07. The van der Waals surface area contributed by atoms with E-state index in [-0.39, 0.29) is 10.5 Å². The number of carboxylic acids is 1. The minimum absolute atomic E-state index is 0.133. The summed E-state index contributed by atoms with van der Waals surface area (Å²) in [4.78, 5) is 11.3. The molecule has 0 saturated carbocycles. The molecule has 2 aromatic carbocycles. The second-order valence-electron chi connectivity index (χ2n) is 5.86. The van der Waals surface area contributed by atoms with E-state index in [9.17, 15) is 13.2 Å². The van der Waals surface area contributed by atoms with Crippen LogP contribution in [0.1, 0.15) is 23.2 Å². The van der Waals surface area contributed by atoms with E-state index < -0.39 is 16.0 Å². The van der Waals surface area contributed by atoms with Crippen LogP contribution in [-0.4, -0.2) is 44.0 Å². The van der Waals surface area contributed by atoms with Crippen LogP contribution in [0.4, 0.5) is 0 Å². The molecule has 0 bridgehead atoms. The predicted molar refractivity (Wildman–Crippen MR) is 93.4 cm³/mol. The van der Waals surface area contributed by atoms with Gasteiger partial charge in [0.2, 0.25) is 10.0 Å². The highest BCUT2D eigenvalue weighted by atomic mass is 32.2. The van der Waals surface area contributed by atoms with Crippen LogP contribution in [0.2, 0.25) is 0 Å². The van der Waals surface area contributed by atoms with Gasteiger partial charge in [0.1, 0.15) is 5.75 Å². The van der Waals surface area contributed by atoms with Crippen LogP contribution in [0, 0.1) is 0 Å².